The summed E-state index contributed by atoms with van der Waals surface area (Å²) < 4.78 is 23.7. The maximum Gasteiger partial charge on any atom is 0.338 e. The zero-order valence-corrected chi connectivity index (χ0v) is 18.7. The summed E-state index contributed by atoms with van der Waals surface area (Å²) in [5.74, 6) is -1.01. The first kappa shape index (κ1) is 22.1. The summed E-state index contributed by atoms with van der Waals surface area (Å²) in [6.07, 6.45) is 3.55. The van der Waals surface area contributed by atoms with Crippen LogP contribution in [0.25, 0.3) is 0 Å². The molecule has 174 valence electrons. The van der Waals surface area contributed by atoms with Crippen LogP contribution in [0.2, 0.25) is 0 Å². The summed E-state index contributed by atoms with van der Waals surface area (Å²) in [5.41, 5.74) is 1.79. The highest BCUT2D eigenvalue weighted by atomic mass is 16.7. The van der Waals surface area contributed by atoms with Gasteiger partial charge in [0.1, 0.15) is 12.2 Å². The van der Waals surface area contributed by atoms with Gasteiger partial charge in [-0.1, -0.05) is 48.5 Å². The van der Waals surface area contributed by atoms with Crippen molar-refractivity contribution in [2.75, 3.05) is 13.2 Å². The molecule has 6 heteroatoms. The molecule has 2 aromatic carbocycles. The lowest BCUT2D eigenvalue weighted by atomic mass is 9.85. The molecule has 0 unspecified atom stereocenters. The lowest BCUT2D eigenvalue weighted by molar-refractivity contribution is -0.170. The van der Waals surface area contributed by atoms with Crippen molar-refractivity contribution in [1.29, 1.82) is 0 Å². The van der Waals surface area contributed by atoms with Crippen LogP contribution in [-0.4, -0.2) is 43.1 Å². The monoisotopic (exact) mass is 450 g/mol. The van der Waals surface area contributed by atoms with Gasteiger partial charge >= 0.3 is 11.9 Å². The minimum Gasteiger partial charge on any atom is -0.462 e. The highest BCUT2D eigenvalue weighted by Gasteiger charge is 2.52. The van der Waals surface area contributed by atoms with E-state index < -0.39 is 5.79 Å². The van der Waals surface area contributed by atoms with Crippen LogP contribution in [0.15, 0.2) is 60.7 Å². The van der Waals surface area contributed by atoms with Gasteiger partial charge in [-0.25, -0.2) is 4.79 Å². The predicted octanol–water partition coefficient (Wildman–Crippen LogP) is 4.32. The first-order chi connectivity index (χ1) is 16.1. The summed E-state index contributed by atoms with van der Waals surface area (Å²) in [6, 6.07) is 19.4. The number of carbonyl (C=O) groups excluding carboxylic acids is 2. The van der Waals surface area contributed by atoms with E-state index in [9.17, 15) is 9.59 Å². The maximum atomic E-state index is 12.7. The zero-order chi connectivity index (χ0) is 22.7. The predicted molar refractivity (Wildman–Crippen MR) is 120 cm³/mol. The quantitative estimate of drug-likeness (QED) is 0.558. The molecule has 2 aromatic rings. The Hall–Kier alpha value is -2.70. The van der Waals surface area contributed by atoms with E-state index in [2.05, 4.69) is 12.1 Å². The van der Waals surface area contributed by atoms with Crippen LogP contribution in [0, 0.1) is 11.8 Å². The summed E-state index contributed by atoms with van der Waals surface area (Å²) in [4.78, 5) is 24.7. The van der Waals surface area contributed by atoms with Gasteiger partial charge in [-0.05, 0) is 30.5 Å². The fourth-order valence-corrected chi connectivity index (χ4v) is 5.55. The van der Waals surface area contributed by atoms with E-state index in [-0.39, 0.29) is 36.0 Å². The van der Waals surface area contributed by atoms with Gasteiger partial charge in [0.2, 0.25) is 0 Å². The average molecular weight is 451 g/mol. The summed E-state index contributed by atoms with van der Waals surface area (Å²) >= 11 is 0. The van der Waals surface area contributed by atoms with Gasteiger partial charge in [0.25, 0.3) is 0 Å². The molecule has 3 fully saturated rings. The van der Waals surface area contributed by atoms with Crippen LogP contribution in [0.3, 0.4) is 0 Å². The molecule has 2 aliphatic heterocycles. The molecule has 3 aliphatic rings. The van der Waals surface area contributed by atoms with Gasteiger partial charge in [0.15, 0.2) is 5.79 Å². The van der Waals surface area contributed by atoms with Crippen LogP contribution in [-0.2, 0) is 30.2 Å². The number of fused-ring (bicyclic) bond motifs is 1. The minimum atomic E-state index is -0.634. The first-order valence-corrected chi connectivity index (χ1v) is 11.9. The summed E-state index contributed by atoms with van der Waals surface area (Å²) in [7, 11) is 0. The molecule has 6 nitrogen and oxygen atoms in total. The smallest absolute Gasteiger partial charge is 0.338 e. The molecule has 1 aliphatic carbocycles. The molecule has 1 saturated carbocycles. The molecule has 2 heterocycles. The fraction of sp³-hybridized carbons (Fsp3) is 0.481. The molecule has 0 spiro atoms. The number of benzene rings is 2. The van der Waals surface area contributed by atoms with Crippen molar-refractivity contribution in [3.05, 3.63) is 71.8 Å². The van der Waals surface area contributed by atoms with E-state index in [0.717, 1.165) is 19.3 Å². The summed E-state index contributed by atoms with van der Waals surface area (Å²) in [6.45, 7) is 1.17. The number of esters is 2. The van der Waals surface area contributed by atoms with Crippen LogP contribution >= 0.6 is 0 Å². The zero-order valence-electron chi connectivity index (χ0n) is 18.7. The second kappa shape index (κ2) is 9.65. The third kappa shape index (κ3) is 4.97. The number of carbonyl (C=O) groups is 2. The second-order valence-electron chi connectivity index (χ2n) is 9.24. The molecule has 0 radical (unpaired) electrons. The SMILES string of the molecule is O=C1C[C@@H]2[C@@H](CCC3(CCc4ccccc4)OCCO3)[C@H](OC(=O)c3ccccc3)C[C@@H]2O1. The van der Waals surface area contributed by atoms with Gasteiger partial charge in [-0.2, -0.15) is 0 Å². The highest BCUT2D eigenvalue weighted by Crippen LogP contribution is 2.46. The van der Waals surface area contributed by atoms with E-state index in [0.29, 0.717) is 38.0 Å². The molecule has 5 rings (SSSR count). The largest absolute Gasteiger partial charge is 0.462 e. The van der Waals surface area contributed by atoms with Crippen LogP contribution in [0.5, 0.6) is 0 Å². The number of hydrogen-bond donors (Lipinski definition) is 0. The van der Waals surface area contributed by atoms with E-state index in [4.69, 9.17) is 18.9 Å². The van der Waals surface area contributed by atoms with Crippen molar-refractivity contribution in [3.63, 3.8) is 0 Å². The van der Waals surface area contributed by atoms with Crippen molar-refractivity contribution in [3.8, 4) is 0 Å². The maximum absolute atomic E-state index is 12.7. The minimum absolute atomic E-state index is 0.0375. The van der Waals surface area contributed by atoms with Crippen LogP contribution in [0.1, 0.15) is 48.0 Å². The third-order valence-electron chi connectivity index (χ3n) is 7.23. The standard InChI is InChI=1S/C27H30O6/c28-25-17-22-21(23(18-24(22)32-25)33-26(29)20-9-5-2-6-10-20)12-14-27(30-15-16-31-27)13-11-19-7-3-1-4-8-19/h1-10,21-24H,11-18H2/t21-,22-,23-,24+/m1/s1. The Morgan fingerprint density at radius 2 is 1.67 bits per heavy atom. The molecule has 4 atom stereocenters. The molecule has 0 aromatic heterocycles. The van der Waals surface area contributed by atoms with Gasteiger partial charge in [-0.15, -0.1) is 0 Å². The molecule has 0 amide bonds. The molecule has 2 saturated heterocycles. The Bertz CT molecular complexity index is 953. The lowest BCUT2D eigenvalue weighted by Gasteiger charge is -2.31. The molecule has 33 heavy (non-hydrogen) atoms. The fourth-order valence-electron chi connectivity index (χ4n) is 5.55. The number of hydrogen-bond acceptors (Lipinski definition) is 6. The van der Waals surface area contributed by atoms with Gasteiger partial charge in [0, 0.05) is 31.1 Å². The molecular formula is C27H30O6. The average Bonchev–Trinajstić information content (AvgIpc) is 3.53. The Balaban J connectivity index is 1.27. The van der Waals surface area contributed by atoms with Gasteiger partial charge in [-0.3, -0.25) is 4.79 Å². The van der Waals surface area contributed by atoms with Crippen molar-refractivity contribution >= 4 is 11.9 Å². The Labute approximate surface area is 194 Å². The topological polar surface area (TPSA) is 71.1 Å². The van der Waals surface area contributed by atoms with Crippen molar-refractivity contribution < 1.29 is 28.5 Å². The van der Waals surface area contributed by atoms with Crippen LogP contribution < -0.4 is 0 Å². The molecular weight excluding hydrogens is 420 g/mol. The van der Waals surface area contributed by atoms with Crippen molar-refractivity contribution in [1.82, 2.24) is 0 Å². The van der Waals surface area contributed by atoms with Crippen LogP contribution in [0.4, 0.5) is 0 Å². The third-order valence-corrected chi connectivity index (χ3v) is 7.23. The Morgan fingerprint density at radius 3 is 2.39 bits per heavy atom. The highest BCUT2D eigenvalue weighted by molar-refractivity contribution is 5.89. The number of ether oxygens (including phenoxy) is 4. The van der Waals surface area contributed by atoms with Crippen molar-refractivity contribution in [2.45, 2.75) is 56.5 Å². The molecule has 0 bridgehead atoms. The number of aryl methyl sites for hydroxylation is 1. The molecule has 0 N–H and O–H groups in total. The first-order valence-electron chi connectivity index (χ1n) is 11.9. The van der Waals surface area contributed by atoms with E-state index in [1.165, 1.54) is 5.56 Å². The van der Waals surface area contributed by atoms with Gasteiger partial charge < -0.3 is 18.9 Å². The summed E-state index contributed by atoms with van der Waals surface area (Å²) in [5, 5.41) is 0. The lowest BCUT2D eigenvalue weighted by Crippen LogP contribution is -2.34. The Kier molecular flexibility index (Phi) is 6.47. The van der Waals surface area contributed by atoms with E-state index in [1.54, 1.807) is 12.1 Å². The van der Waals surface area contributed by atoms with E-state index in [1.807, 2.05) is 36.4 Å². The van der Waals surface area contributed by atoms with Gasteiger partial charge in [0.05, 0.1) is 25.2 Å². The normalized spacial score (nSPS) is 27.8. The Morgan fingerprint density at radius 1 is 0.970 bits per heavy atom. The second-order valence-corrected chi connectivity index (χ2v) is 9.24. The number of rotatable bonds is 8. The van der Waals surface area contributed by atoms with E-state index >= 15 is 0 Å². The van der Waals surface area contributed by atoms with Crippen molar-refractivity contribution in [2.24, 2.45) is 11.8 Å².